The predicted octanol–water partition coefficient (Wildman–Crippen LogP) is 2.14. The standard InChI is InChI=1S/C16H20N2O3/c1-12(2)21-15-6-4-13(5-7-15)10-14(11-17)16(19)18-8-9-20-3/h4-7,10,12H,8-9H2,1-3H3,(H,18,19)/b14-10+. The van der Waals surface area contributed by atoms with Crippen LogP contribution in [0.25, 0.3) is 6.08 Å². The minimum absolute atomic E-state index is 0.0589. The fourth-order valence-electron chi connectivity index (χ4n) is 1.59. The van der Waals surface area contributed by atoms with Crippen LogP contribution in [-0.2, 0) is 9.53 Å². The summed E-state index contributed by atoms with van der Waals surface area (Å²) in [5.41, 5.74) is 0.827. The number of hydrogen-bond acceptors (Lipinski definition) is 4. The van der Waals surface area contributed by atoms with Crippen LogP contribution in [0.4, 0.5) is 0 Å². The topological polar surface area (TPSA) is 71.3 Å². The molecule has 0 aromatic heterocycles. The molecule has 21 heavy (non-hydrogen) atoms. The summed E-state index contributed by atoms with van der Waals surface area (Å²) in [5, 5.41) is 11.7. The molecule has 1 aromatic rings. The van der Waals surface area contributed by atoms with Gasteiger partial charge in [-0.15, -0.1) is 0 Å². The van der Waals surface area contributed by atoms with E-state index in [-0.39, 0.29) is 11.7 Å². The van der Waals surface area contributed by atoms with Gasteiger partial charge in [0.2, 0.25) is 0 Å². The molecule has 0 spiro atoms. The van der Waals surface area contributed by atoms with Crippen molar-refractivity contribution < 1.29 is 14.3 Å². The highest BCUT2D eigenvalue weighted by atomic mass is 16.5. The van der Waals surface area contributed by atoms with Gasteiger partial charge in [0.1, 0.15) is 17.4 Å². The first kappa shape index (κ1) is 16.7. The Bertz CT molecular complexity index is 527. The molecule has 112 valence electrons. The van der Waals surface area contributed by atoms with Gasteiger partial charge in [-0.05, 0) is 37.6 Å². The van der Waals surface area contributed by atoms with Gasteiger partial charge in [-0.2, -0.15) is 5.26 Å². The molecule has 5 heteroatoms. The van der Waals surface area contributed by atoms with E-state index in [4.69, 9.17) is 14.7 Å². The Kier molecular flexibility index (Phi) is 6.99. The smallest absolute Gasteiger partial charge is 0.262 e. The van der Waals surface area contributed by atoms with Gasteiger partial charge in [0, 0.05) is 13.7 Å². The van der Waals surface area contributed by atoms with Crippen LogP contribution in [0.15, 0.2) is 29.8 Å². The molecule has 0 heterocycles. The summed E-state index contributed by atoms with van der Waals surface area (Å²) in [4.78, 5) is 11.8. The second-order valence-electron chi connectivity index (χ2n) is 4.65. The molecule has 0 aliphatic rings. The Balaban J connectivity index is 2.74. The third kappa shape index (κ3) is 6.11. The molecule has 0 radical (unpaired) electrons. The van der Waals surface area contributed by atoms with Crippen molar-refractivity contribution >= 4 is 12.0 Å². The van der Waals surface area contributed by atoms with E-state index in [1.807, 2.05) is 32.0 Å². The minimum Gasteiger partial charge on any atom is -0.491 e. The van der Waals surface area contributed by atoms with E-state index < -0.39 is 5.91 Å². The van der Waals surface area contributed by atoms with E-state index in [1.165, 1.54) is 0 Å². The van der Waals surface area contributed by atoms with Gasteiger partial charge in [-0.1, -0.05) is 12.1 Å². The van der Waals surface area contributed by atoms with Gasteiger partial charge < -0.3 is 14.8 Å². The van der Waals surface area contributed by atoms with Crippen molar-refractivity contribution in [1.29, 1.82) is 5.26 Å². The van der Waals surface area contributed by atoms with Crippen LogP contribution < -0.4 is 10.1 Å². The number of ether oxygens (including phenoxy) is 2. The van der Waals surface area contributed by atoms with Gasteiger partial charge in [0.25, 0.3) is 5.91 Å². The van der Waals surface area contributed by atoms with Gasteiger partial charge in [-0.3, -0.25) is 4.79 Å². The van der Waals surface area contributed by atoms with E-state index in [0.717, 1.165) is 11.3 Å². The number of nitrogens with zero attached hydrogens (tertiary/aromatic N) is 1. The lowest BCUT2D eigenvalue weighted by Gasteiger charge is -2.09. The van der Waals surface area contributed by atoms with Crippen molar-refractivity contribution in [3.05, 3.63) is 35.4 Å². The number of nitriles is 1. The largest absolute Gasteiger partial charge is 0.491 e. The van der Waals surface area contributed by atoms with Crippen LogP contribution in [0.5, 0.6) is 5.75 Å². The van der Waals surface area contributed by atoms with E-state index in [0.29, 0.717) is 13.2 Å². The number of carbonyl (C=O) groups is 1. The highest BCUT2D eigenvalue weighted by Crippen LogP contribution is 2.15. The molecule has 0 saturated heterocycles. The number of methoxy groups -OCH3 is 1. The first-order valence-electron chi connectivity index (χ1n) is 6.72. The molecule has 0 saturated carbocycles. The van der Waals surface area contributed by atoms with Gasteiger partial charge in [0.05, 0.1) is 12.7 Å². The van der Waals surface area contributed by atoms with Crippen LogP contribution in [0.1, 0.15) is 19.4 Å². The minimum atomic E-state index is -0.406. The molecular formula is C16H20N2O3. The number of nitrogens with one attached hydrogen (secondary N) is 1. The van der Waals surface area contributed by atoms with Gasteiger partial charge >= 0.3 is 0 Å². The molecule has 0 fully saturated rings. The maximum absolute atomic E-state index is 11.8. The summed E-state index contributed by atoms with van der Waals surface area (Å²) in [6.45, 7) is 4.68. The molecular weight excluding hydrogens is 268 g/mol. The molecule has 0 atom stereocenters. The van der Waals surface area contributed by atoms with Gasteiger partial charge in [0.15, 0.2) is 0 Å². The monoisotopic (exact) mass is 288 g/mol. The third-order valence-electron chi connectivity index (χ3n) is 2.52. The normalized spacial score (nSPS) is 11.1. The summed E-state index contributed by atoms with van der Waals surface area (Å²) < 4.78 is 10.4. The lowest BCUT2D eigenvalue weighted by atomic mass is 10.1. The molecule has 1 rings (SSSR count). The quantitative estimate of drug-likeness (QED) is 0.474. The van der Waals surface area contributed by atoms with E-state index in [2.05, 4.69) is 5.32 Å². The molecule has 0 unspecified atom stereocenters. The van der Waals surface area contributed by atoms with E-state index in [9.17, 15) is 4.79 Å². The lowest BCUT2D eigenvalue weighted by molar-refractivity contribution is -0.117. The fraction of sp³-hybridized carbons (Fsp3) is 0.375. The summed E-state index contributed by atoms with van der Waals surface area (Å²) in [6.07, 6.45) is 1.65. The maximum Gasteiger partial charge on any atom is 0.262 e. The van der Waals surface area contributed by atoms with Crippen molar-refractivity contribution in [3.63, 3.8) is 0 Å². The van der Waals surface area contributed by atoms with Crippen LogP contribution in [-0.4, -0.2) is 32.3 Å². The van der Waals surface area contributed by atoms with Crippen molar-refractivity contribution in [1.82, 2.24) is 5.32 Å². The number of benzene rings is 1. The first-order valence-corrected chi connectivity index (χ1v) is 6.72. The Morgan fingerprint density at radius 3 is 2.57 bits per heavy atom. The highest BCUT2D eigenvalue weighted by Gasteiger charge is 2.08. The fourth-order valence-corrected chi connectivity index (χ4v) is 1.59. The Morgan fingerprint density at radius 1 is 1.38 bits per heavy atom. The van der Waals surface area contributed by atoms with Crippen molar-refractivity contribution in [2.24, 2.45) is 0 Å². The van der Waals surface area contributed by atoms with Crippen LogP contribution in [0.3, 0.4) is 0 Å². The summed E-state index contributed by atoms with van der Waals surface area (Å²) >= 11 is 0. The zero-order valence-electron chi connectivity index (χ0n) is 12.6. The summed E-state index contributed by atoms with van der Waals surface area (Å²) in [7, 11) is 1.55. The number of amides is 1. The van der Waals surface area contributed by atoms with Crippen LogP contribution >= 0.6 is 0 Å². The number of carbonyl (C=O) groups excluding carboxylic acids is 1. The van der Waals surface area contributed by atoms with E-state index >= 15 is 0 Å². The molecule has 0 aliphatic carbocycles. The van der Waals surface area contributed by atoms with Crippen molar-refractivity contribution in [2.45, 2.75) is 20.0 Å². The Hall–Kier alpha value is -2.32. The molecule has 1 N–H and O–H groups in total. The lowest BCUT2D eigenvalue weighted by Crippen LogP contribution is -2.27. The third-order valence-corrected chi connectivity index (χ3v) is 2.52. The predicted molar refractivity (Wildman–Crippen MR) is 80.7 cm³/mol. The first-order chi connectivity index (χ1) is 10.1. The number of hydrogen-bond donors (Lipinski definition) is 1. The second kappa shape index (κ2) is 8.77. The maximum atomic E-state index is 11.8. The van der Waals surface area contributed by atoms with Gasteiger partial charge in [-0.25, -0.2) is 0 Å². The molecule has 1 aromatic carbocycles. The second-order valence-corrected chi connectivity index (χ2v) is 4.65. The number of rotatable bonds is 7. The Morgan fingerprint density at radius 2 is 2.05 bits per heavy atom. The molecule has 0 bridgehead atoms. The molecule has 5 nitrogen and oxygen atoms in total. The SMILES string of the molecule is COCCNC(=O)/C(C#N)=C/c1ccc(OC(C)C)cc1. The zero-order valence-corrected chi connectivity index (χ0v) is 12.6. The summed E-state index contributed by atoms with van der Waals surface area (Å²) in [6, 6.07) is 9.13. The highest BCUT2D eigenvalue weighted by molar-refractivity contribution is 6.01. The zero-order chi connectivity index (χ0) is 15.7. The molecule has 0 aliphatic heterocycles. The van der Waals surface area contributed by atoms with Crippen molar-refractivity contribution in [2.75, 3.05) is 20.3 Å². The van der Waals surface area contributed by atoms with Crippen LogP contribution in [0.2, 0.25) is 0 Å². The molecule has 1 amide bonds. The average molecular weight is 288 g/mol. The Labute approximate surface area is 125 Å². The van der Waals surface area contributed by atoms with E-state index in [1.54, 1.807) is 25.3 Å². The van der Waals surface area contributed by atoms with Crippen LogP contribution in [0, 0.1) is 11.3 Å². The summed E-state index contributed by atoms with van der Waals surface area (Å²) in [5.74, 6) is 0.349. The van der Waals surface area contributed by atoms with Crippen molar-refractivity contribution in [3.8, 4) is 11.8 Å². The average Bonchev–Trinajstić information content (AvgIpc) is 2.46.